The number of aromatic hydroxyl groups is 1. The van der Waals surface area contributed by atoms with E-state index in [0.717, 1.165) is 0 Å². The summed E-state index contributed by atoms with van der Waals surface area (Å²) in [4.78, 5) is 65.0. The first-order valence-corrected chi connectivity index (χ1v) is 21.8. The molecule has 350 valence electrons. The minimum Gasteiger partial charge on any atom is -0.507 e. The van der Waals surface area contributed by atoms with Gasteiger partial charge in [-0.3, -0.25) is 23.7 Å². The van der Waals surface area contributed by atoms with E-state index in [1.54, 1.807) is 70.6 Å². The number of phenolic OH excluding ortho intramolecular Hbond substituents is 1. The maximum absolute atomic E-state index is 14.8. The minimum absolute atomic E-state index is 0.0316. The van der Waals surface area contributed by atoms with Crippen LogP contribution >= 0.6 is 0 Å². The summed E-state index contributed by atoms with van der Waals surface area (Å²) < 4.78 is 36.9. The van der Waals surface area contributed by atoms with Crippen molar-refractivity contribution in [2.45, 2.75) is 85.6 Å². The SMILES string of the molecule is CO[C@H]1/C=C/O[C@@]2(C)Oc3c(C)c(O)c4c(=O)c(c5oc6cc(OCC[N+]7(C)C=CN=C7)ccc6nc-5c4c3C2=O)NC(=O)/C(C)=C\C=C\[C@H](C)[C@H](O)[C@@H](C)[C@@H](O)[C@@H](C)[C@H](OC(C)=O)[C@@H]1C. The van der Waals surface area contributed by atoms with Crippen molar-refractivity contribution in [1.29, 1.82) is 0 Å². The largest absolute Gasteiger partial charge is 0.507 e. The lowest BCUT2D eigenvalue weighted by Crippen LogP contribution is -2.46. The molecule has 5 aliphatic rings. The molecule has 7 rings (SSSR count). The molecule has 0 spiro atoms. The molecular weight excluding hydrogens is 853 g/mol. The third-order valence-corrected chi connectivity index (χ3v) is 13.0. The van der Waals surface area contributed by atoms with Crippen molar-refractivity contribution in [3.8, 4) is 28.7 Å². The molecule has 1 unspecified atom stereocenters. The number of methoxy groups -OCH3 is 1. The summed E-state index contributed by atoms with van der Waals surface area (Å²) >= 11 is 0. The smallest absolute Gasteiger partial charge is 0.312 e. The number of ketones is 1. The summed E-state index contributed by atoms with van der Waals surface area (Å²) in [6, 6.07) is 4.95. The molecule has 0 aromatic heterocycles. The highest BCUT2D eigenvalue weighted by atomic mass is 16.7. The van der Waals surface area contributed by atoms with Crippen molar-refractivity contribution in [1.82, 2.24) is 4.98 Å². The zero-order chi connectivity index (χ0) is 48.0. The molecule has 2 aromatic carbocycles. The number of nitrogens with one attached hydrogen (secondary N) is 1. The van der Waals surface area contributed by atoms with Gasteiger partial charge in [0, 0.05) is 67.2 Å². The molecule has 1 aliphatic carbocycles. The van der Waals surface area contributed by atoms with Gasteiger partial charge in [-0.05, 0) is 32.1 Å². The Labute approximate surface area is 381 Å². The van der Waals surface area contributed by atoms with Crippen LogP contribution in [0.15, 0.2) is 80.9 Å². The van der Waals surface area contributed by atoms with Crippen LogP contribution in [0.3, 0.4) is 0 Å². The predicted molar refractivity (Wildman–Crippen MR) is 245 cm³/mol. The van der Waals surface area contributed by atoms with Crippen LogP contribution in [-0.2, 0) is 23.8 Å². The molecule has 4 bridgehead atoms. The fourth-order valence-electron chi connectivity index (χ4n) is 8.79. The first-order chi connectivity index (χ1) is 31.2. The molecule has 0 saturated heterocycles. The Kier molecular flexibility index (Phi) is 13.3. The van der Waals surface area contributed by atoms with Gasteiger partial charge in [0.25, 0.3) is 11.7 Å². The molecule has 17 heteroatoms. The first-order valence-electron chi connectivity index (χ1n) is 21.8. The Hall–Kier alpha value is -6.40. The second kappa shape index (κ2) is 18.5. The topological polar surface area (TPSA) is 226 Å². The summed E-state index contributed by atoms with van der Waals surface area (Å²) in [7, 11) is 3.42. The van der Waals surface area contributed by atoms with Crippen LogP contribution in [-0.4, -0.2) is 106 Å². The van der Waals surface area contributed by atoms with Crippen molar-refractivity contribution in [3.63, 3.8) is 0 Å². The van der Waals surface area contributed by atoms with Crippen molar-refractivity contribution in [2.75, 3.05) is 32.6 Å². The highest BCUT2D eigenvalue weighted by Gasteiger charge is 2.50. The number of rotatable bonds is 6. The van der Waals surface area contributed by atoms with Crippen molar-refractivity contribution in [2.24, 2.45) is 28.7 Å². The number of carbonyl (C=O) groups is 3. The highest BCUT2D eigenvalue weighted by molar-refractivity contribution is 6.22. The number of likely N-dealkylation sites (N-methyl/N-ethyl adjacent to an activating group) is 1. The van der Waals surface area contributed by atoms with Crippen LogP contribution < -0.4 is 20.2 Å². The molecule has 17 nitrogen and oxygen atoms in total. The number of benzene rings is 3. The van der Waals surface area contributed by atoms with Crippen LogP contribution in [0, 0.1) is 30.6 Å². The number of ether oxygens (including phenoxy) is 5. The number of anilines is 1. The van der Waals surface area contributed by atoms with Gasteiger partial charge in [-0.2, -0.15) is 0 Å². The number of quaternary nitrogens is 1. The molecule has 10 atom stereocenters. The van der Waals surface area contributed by atoms with Crippen molar-refractivity contribution in [3.05, 3.63) is 88.1 Å². The van der Waals surface area contributed by atoms with Crippen LogP contribution in [0.2, 0.25) is 0 Å². The van der Waals surface area contributed by atoms with E-state index in [1.165, 1.54) is 53.2 Å². The Morgan fingerprint density at radius 1 is 1.02 bits per heavy atom. The van der Waals surface area contributed by atoms with Gasteiger partial charge in [-0.15, -0.1) is 0 Å². The molecule has 0 radical (unpaired) electrons. The van der Waals surface area contributed by atoms with E-state index in [-0.39, 0.29) is 55.9 Å². The monoisotopic (exact) mass is 909 g/mol. The lowest BCUT2D eigenvalue weighted by Gasteiger charge is -2.38. The number of aliphatic imine (C=N–C) groups is 1. The summed E-state index contributed by atoms with van der Waals surface area (Å²) in [5, 5.41) is 37.1. The number of hydrogen-bond donors (Lipinski definition) is 4. The lowest BCUT2D eigenvalue weighted by atomic mass is 9.78. The standard InChI is InChI=1S/C49H56N4O13/c1-24-12-11-13-25(2)48(60)52-39-43(58)36-35(38-46(39)65-34-22-31(14-15-32(34)51-38)62-21-19-53(9)18-17-50-23-53)37-45(29(6)42(36)57)66-49(8,47(37)59)63-20-16-33(61-10)26(3)44(64-30(7)54)28(5)41(56)27(4)40(24)55/h11-18,20,22-24,26-28,33,40-41,44,55-56H,19,21H2,1-10H3,(H-,51,52,57,58,59,60)/p+1/b12-11+,20-16+,25-13-/t24-,26+,27+,28+,33-,40-,41+,44+,49-,53?/m0/s1. The summed E-state index contributed by atoms with van der Waals surface area (Å²) in [5.41, 5.74) is -0.644. The Morgan fingerprint density at radius 3 is 2.44 bits per heavy atom. The summed E-state index contributed by atoms with van der Waals surface area (Å²) in [5.74, 6) is -6.90. The third kappa shape index (κ3) is 8.83. The lowest BCUT2D eigenvalue weighted by molar-refractivity contribution is -0.756. The average Bonchev–Trinajstić information content (AvgIpc) is 3.83. The average molecular weight is 910 g/mol. The highest BCUT2D eigenvalue weighted by Crippen LogP contribution is 2.50. The molecule has 0 fully saturated rings. The maximum Gasteiger partial charge on any atom is 0.312 e. The first kappa shape index (κ1) is 47.6. The van der Waals surface area contributed by atoms with Gasteiger partial charge in [-0.1, -0.05) is 45.9 Å². The fraction of sp³-hybridized carbons (Fsp3) is 0.429. The number of allylic oxidation sites excluding steroid dienone is 2. The zero-order valence-corrected chi connectivity index (χ0v) is 38.6. The van der Waals surface area contributed by atoms with Gasteiger partial charge in [-0.25, -0.2) is 9.98 Å². The van der Waals surface area contributed by atoms with E-state index in [2.05, 4.69) is 10.3 Å². The number of aliphatic hydroxyl groups excluding tert-OH is 2. The van der Waals surface area contributed by atoms with Gasteiger partial charge in [0.15, 0.2) is 17.7 Å². The van der Waals surface area contributed by atoms with Gasteiger partial charge < -0.3 is 48.7 Å². The van der Waals surface area contributed by atoms with E-state index in [4.69, 9.17) is 33.1 Å². The van der Waals surface area contributed by atoms with Gasteiger partial charge >= 0.3 is 11.8 Å². The number of hydrogen-bond acceptors (Lipinski definition) is 15. The molecule has 4 aliphatic heterocycles. The third-order valence-electron chi connectivity index (χ3n) is 13.0. The number of nitrogens with zero attached hydrogens (tertiary/aromatic N) is 3. The van der Waals surface area contributed by atoms with Crippen LogP contribution in [0.1, 0.15) is 64.4 Å². The second-order valence-corrected chi connectivity index (χ2v) is 17.8. The molecule has 66 heavy (non-hydrogen) atoms. The molecule has 4 N–H and O–H groups in total. The molecule has 2 aromatic rings. The van der Waals surface area contributed by atoms with Gasteiger partial charge in [0.05, 0.1) is 48.8 Å². The minimum atomic E-state index is -2.05. The van der Waals surface area contributed by atoms with Crippen molar-refractivity contribution < 1.29 is 62.3 Å². The molecule has 1 amide bonds. The quantitative estimate of drug-likeness (QED) is 0.0723. The Bertz CT molecular complexity index is 2760. The Balaban J connectivity index is 1.40. The maximum atomic E-state index is 14.8. The van der Waals surface area contributed by atoms with Gasteiger partial charge in [0.1, 0.15) is 59.6 Å². The van der Waals surface area contributed by atoms with Gasteiger partial charge in [0.2, 0.25) is 5.43 Å². The van der Waals surface area contributed by atoms with E-state index in [1.807, 2.05) is 13.2 Å². The fourth-order valence-corrected chi connectivity index (χ4v) is 8.79. The Morgan fingerprint density at radius 2 is 1.76 bits per heavy atom. The number of aliphatic hydroxyl groups is 2. The van der Waals surface area contributed by atoms with E-state index >= 15 is 0 Å². The van der Waals surface area contributed by atoms with E-state index in [9.17, 15) is 34.5 Å². The number of Topliss-reactive ketones (excluding diaryl/α,β-unsaturated/α-hetero) is 1. The summed E-state index contributed by atoms with van der Waals surface area (Å²) in [6.45, 7) is 13.5. The van der Waals surface area contributed by atoms with Crippen molar-refractivity contribution >= 4 is 51.6 Å². The van der Waals surface area contributed by atoms with E-state index in [0.29, 0.717) is 28.9 Å². The van der Waals surface area contributed by atoms with E-state index < -0.39 is 82.7 Å². The molecule has 4 heterocycles. The number of fused-ring (bicyclic) bond motifs is 2. The number of aromatic nitrogens is 1. The number of carbonyl (C=O) groups excluding carboxylic acids is 3. The van der Waals surface area contributed by atoms with Crippen LogP contribution in [0.5, 0.6) is 17.2 Å². The normalized spacial score (nSPS) is 31.1. The number of amides is 1. The molecular formula is C49H57N4O13+. The predicted octanol–water partition coefficient (Wildman–Crippen LogP) is 6.29. The molecule has 0 saturated carbocycles. The number of esters is 1. The zero-order valence-electron chi connectivity index (χ0n) is 38.6. The number of phenols is 1. The van der Waals surface area contributed by atoms with Crippen LogP contribution in [0.25, 0.3) is 33.3 Å². The van der Waals surface area contributed by atoms with Crippen LogP contribution in [0.4, 0.5) is 5.69 Å². The second-order valence-electron chi connectivity index (χ2n) is 17.8. The summed E-state index contributed by atoms with van der Waals surface area (Å²) in [6.07, 6.45) is 9.00.